The molecule has 1 aromatic carbocycles. The summed E-state index contributed by atoms with van der Waals surface area (Å²) in [5.41, 5.74) is 1.95. The monoisotopic (exact) mass is 419 g/mol. The van der Waals surface area contributed by atoms with Crippen molar-refractivity contribution in [3.63, 3.8) is 0 Å². The number of rotatable bonds is 5. The van der Waals surface area contributed by atoms with Crippen molar-refractivity contribution in [2.75, 3.05) is 14.2 Å². The van der Waals surface area contributed by atoms with Gasteiger partial charge in [0.15, 0.2) is 6.23 Å². The van der Waals surface area contributed by atoms with E-state index in [9.17, 15) is 14.4 Å². The second kappa shape index (κ2) is 10.5. The van der Waals surface area contributed by atoms with Gasteiger partial charge in [0.2, 0.25) is 6.23 Å². The van der Waals surface area contributed by atoms with E-state index in [1.165, 1.54) is 26.4 Å². The van der Waals surface area contributed by atoms with E-state index in [2.05, 4.69) is 10.2 Å². The molecule has 10 nitrogen and oxygen atoms in total. The fourth-order valence-electron chi connectivity index (χ4n) is 2.68. The topological polar surface area (TPSA) is 118 Å². The van der Waals surface area contributed by atoms with E-state index in [0.717, 1.165) is 15.7 Å². The van der Waals surface area contributed by atoms with Crippen LogP contribution in [0.3, 0.4) is 0 Å². The van der Waals surface area contributed by atoms with E-state index in [-0.39, 0.29) is 11.8 Å². The summed E-state index contributed by atoms with van der Waals surface area (Å²) in [4.78, 5) is 43.7. The molecule has 0 radical (unpaired) electrons. The van der Waals surface area contributed by atoms with E-state index < -0.39 is 18.5 Å². The predicted molar refractivity (Wildman–Crippen MR) is 105 cm³/mol. The number of carbonyl (C=O) groups is 3. The maximum absolute atomic E-state index is 11.7. The third kappa shape index (κ3) is 5.66. The molecule has 2 N–H and O–H groups in total. The van der Waals surface area contributed by atoms with Crippen LogP contribution in [0.4, 0.5) is 4.79 Å². The molecule has 162 valence electrons. The first-order chi connectivity index (χ1) is 14.3. The SMILES string of the molecule is CON1C(=O)C(C)=CC1O.CON1C(=O)C(C)=CC1OC(=O)NCc1ccccc1. The number of amides is 3. The molecule has 0 aromatic heterocycles. The minimum atomic E-state index is -0.919. The third-order valence-corrected chi connectivity index (χ3v) is 4.24. The highest BCUT2D eigenvalue weighted by atomic mass is 16.7. The Morgan fingerprint density at radius 2 is 1.57 bits per heavy atom. The lowest BCUT2D eigenvalue weighted by Crippen LogP contribution is -2.39. The van der Waals surface area contributed by atoms with Gasteiger partial charge < -0.3 is 15.2 Å². The Bertz CT molecular complexity index is 838. The van der Waals surface area contributed by atoms with Gasteiger partial charge in [0.25, 0.3) is 11.8 Å². The number of aliphatic hydroxyl groups excluding tert-OH is 1. The molecule has 0 spiro atoms. The van der Waals surface area contributed by atoms with Crippen molar-refractivity contribution in [2.45, 2.75) is 32.8 Å². The largest absolute Gasteiger partial charge is 0.419 e. The van der Waals surface area contributed by atoms with E-state index in [1.54, 1.807) is 13.8 Å². The van der Waals surface area contributed by atoms with Gasteiger partial charge in [-0.3, -0.25) is 19.3 Å². The summed E-state index contributed by atoms with van der Waals surface area (Å²) in [7, 11) is 2.69. The van der Waals surface area contributed by atoms with Crippen LogP contribution in [0.1, 0.15) is 19.4 Å². The Hall–Kier alpha value is -3.21. The Balaban J connectivity index is 0.000000269. The molecule has 0 fully saturated rings. The fraction of sp³-hybridized carbons (Fsp3) is 0.350. The quantitative estimate of drug-likeness (QED) is 0.737. The number of benzene rings is 1. The van der Waals surface area contributed by atoms with Crippen molar-refractivity contribution in [3.8, 4) is 0 Å². The highest BCUT2D eigenvalue weighted by molar-refractivity contribution is 5.95. The summed E-state index contributed by atoms with van der Waals surface area (Å²) in [5.74, 6) is -0.594. The first kappa shape index (κ1) is 23.1. The third-order valence-electron chi connectivity index (χ3n) is 4.24. The number of aliphatic hydroxyl groups is 1. The van der Waals surface area contributed by atoms with Crippen molar-refractivity contribution in [3.05, 3.63) is 59.2 Å². The molecule has 0 saturated carbocycles. The van der Waals surface area contributed by atoms with Crippen LogP contribution in [0, 0.1) is 0 Å². The Morgan fingerprint density at radius 1 is 1.00 bits per heavy atom. The van der Waals surface area contributed by atoms with E-state index in [1.807, 2.05) is 30.3 Å². The molecule has 30 heavy (non-hydrogen) atoms. The van der Waals surface area contributed by atoms with Gasteiger partial charge in [-0.2, -0.15) is 10.1 Å². The second-order valence-electron chi connectivity index (χ2n) is 6.38. The Labute approximate surface area is 174 Å². The van der Waals surface area contributed by atoms with Gasteiger partial charge in [0.1, 0.15) is 0 Å². The molecule has 2 aliphatic rings. The Kier molecular flexibility index (Phi) is 8.10. The number of carbonyl (C=O) groups excluding carboxylic acids is 3. The number of hydroxylamine groups is 4. The van der Waals surface area contributed by atoms with E-state index >= 15 is 0 Å². The highest BCUT2D eigenvalue weighted by Gasteiger charge is 2.33. The summed E-state index contributed by atoms with van der Waals surface area (Å²) in [6.07, 6.45) is 0.611. The molecule has 1 aromatic rings. The molecule has 3 rings (SSSR count). The lowest BCUT2D eigenvalue weighted by molar-refractivity contribution is -0.200. The molecule has 0 aliphatic carbocycles. The number of alkyl carbamates (subject to hydrolysis) is 1. The summed E-state index contributed by atoms with van der Waals surface area (Å²) < 4.78 is 5.13. The molecule has 0 bridgehead atoms. The molecule has 2 unspecified atom stereocenters. The number of nitrogens with one attached hydrogen (secondary N) is 1. The molecule has 2 heterocycles. The molecule has 2 atom stereocenters. The minimum absolute atomic E-state index is 0.282. The summed E-state index contributed by atoms with van der Waals surface area (Å²) in [5, 5.41) is 13.6. The van der Waals surface area contributed by atoms with Gasteiger partial charge >= 0.3 is 6.09 Å². The van der Waals surface area contributed by atoms with Gasteiger partial charge in [-0.15, -0.1) is 0 Å². The van der Waals surface area contributed by atoms with Crippen LogP contribution in [0.15, 0.2) is 53.6 Å². The van der Waals surface area contributed by atoms with Gasteiger partial charge in [-0.1, -0.05) is 30.3 Å². The van der Waals surface area contributed by atoms with E-state index in [4.69, 9.17) is 14.7 Å². The minimum Gasteiger partial charge on any atom is -0.419 e. The van der Waals surface area contributed by atoms with Gasteiger partial charge in [-0.25, -0.2) is 4.79 Å². The lowest BCUT2D eigenvalue weighted by atomic mass is 10.2. The standard InChI is InChI=1S/C14H16N2O4.C6H9NO3/c1-10-8-12(16(19-2)13(10)17)20-14(18)15-9-11-6-4-3-5-7-11;1-4-3-5(8)7(10-2)6(4)9/h3-8,12H,9H2,1-2H3,(H,15,18);3,5,8H,1-2H3. The van der Waals surface area contributed by atoms with Gasteiger partial charge in [0, 0.05) is 17.7 Å². The first-order valence-corrected chi connectivity index (χ1v) is 9.07. The normalized spacial score (nSPS) is 20.4. The highest BCUT2D eigenvalue weighted by Crippen LogP contribution is 2.18. The second-order valence-corrected chi connectivity index (χ2v) is 6.38. The van der Waals surface area contributed by atoms with Gasteiger partial charge in [0.05, 0.1) is 14.2 Å². The van der Waals surface area contributed by atoms with Crippen LogP contribution in [0.25, 0.3) is 0 Å². The maximum Gasteiger partial charge on any atom is 0.409 e. The average molecular weight is 419 g/mol. The van der Waals surface area contributed by atoms with Crippen LogP contribution in [-0.2, 0) is 30.5 Å². The van der Waals surface area contributed by atoms with Crippen LogP contribution in [-0.4, -0.2) is 59.8 Å². The predicted octanol–water partition coefficient (Wildman–Crippen LogP) is 1.24. The number of hydrogen-bond donors (Lipinski definition) is 2. The van der Waals surface area contributed by atoms with Crippen LogP contribution >= 0.6 is 0 Å². The zero-order valence-corrected chi connectivity index (χ0v) is 17.2. The van der Waals surface area contributed by atoms with Crippen LogP contribution < -0.4 is 5.32 Å². The summed E-state index contributed by atoms with van der Waals surface area (Å²) in [6.45, 7) is 3.63. The average Bonchev–Trinajstić information content (AvgIpc) is 3.14. The van der Waals surface area contributed by atoms with Crippen molar-refractivity contribution >= 4 is 17.9 Å². The van der Waals surface area contributed by atoms with E-state index in [0.29, 0.717) is 17.7 Å². The number of ether oxygens (including phenoxy) is 1. The zero-order chi connectivity index (χ0) is 22.3. The Morgan fingerprint density at radius 3 is 2.07 bits per heavy atom. The number of nitrogens with zero attached hydrogens (tertiary/aromatic N) is 2. The molecule has 3 amide bonds. The first-order valence-electron chi connectivity index (χ1n) is 9.07. The van der Waals surface area contributed by atoms with Crippen molar-refractivity contribution < 1.29 is 33.9 Å². The van der Waals surface area contributed by atoms with Gasteiger partial charge in [-0.05, 0) is 31.6 Å². The van der Waals surface area contributed by atoms with Crippen molar-refractivity contribution in [2.24, 2.45) is 0 Å². The number of hydrogen-bond acceptors (Lipinski definition) is 7. The molecule has 2 aliphatic heterocycles. The smallest absolute Gasteiger partial charge is 0.409 e. The lowest BCUT2D eigenvalue weighted by Gasteiger charge is -2.21. The van der Waals surface area contributed by atoms with Crippen molar-refractivity contribution in [1.29, 1.82) is 0 Å². The van der Waals surface area contributed by atoms with Crippen LogP contribution in [0.5, 0.6) is 0 Å². The molecular formula is C20H25N3O7. The maximum atomic E-state index is 11.7. The summed E-state index contributed by atoms with van der Waals surface area (Å²) in [6, 6.07) is 9.46. The fourth-order valence-corrected chi connectivity index (χ4v) is 2.68. The van der Waals surface area contributed by atoms with Crippen molar-refractivity contribution in [1.82, 2.24) is 15.4 Å². The summed E-state index contributed by atoms with van der Waals surface area (Å²) >= 11 is 0. The molecule has 10 heteroatoms. The van der Waals surface area contributed by atoms with Crippen LogP contribution in [0.2, 0.25) is 0 Å². The zero-order valence-electron chi connectivity index (χ0n) is 17.2. The molecular weight excluding hydrogens is 394 g/mol. The molecule has 0 saturated heterocycles.